The molecular formula is C12H15NO5S. The van der Waals surface area contributed by atoms with Crippen LogP contribution in [0.25, 0.3) is 0 Å². The fourth-order valence-corrected chi connectivity index (χ4v) is 3.52. The Balaban J connectivity index is 2.19. The standard InChI is InChI=1S/C12H15NO5S/c14-10-5-6-13(8-10)19(17,18)11-3-1-9(2-4-11)7-12(15)16/h1-4,10,14H,5-8H2,(H,15,16). The number of sulfonamides is 1. The molecule has 0 spiro atoms. The summed E-state index contributed by atoms with van der Waals surface area (Å²) in [6, 6.07) is 5.79. The average Bonchev–Trinajstić information content (AvgIpc) is 2.76. The maximum Gasteiger partial charge on any atom is 0.307 e. The summed E-state index contributed by atoms with van der Waals surface area (Å²) < 4.78 is 25.7. The van der Waals surface area contributed by atoms with Crippen LogP contribution in [0.4, 0.5) is 0 Å². The number of carboxylic acids is 1. The van der Waals surface area contributed by atoms with E-state index in [0.29, 0.717) is 18.5 Å². The molecule has 1 heterocycles. The van der Waals surface area contributed by atoms with Crippen molar-refractivity contribution in [2.45, 2.75) is 23.8 Å². The first-order valence-electron chi connectivity index (χ1n) is 5.88. The van der Waals surface area contributed by atoms with Crippen LogP contribution in [0.1, 0.15) is 12.0 Å². The fourth-order valence-electron chi connectivity index (χ4n) is 2.03. The summed E-state index contributed by atoms with van der Waals surface area (Å²) in [4.78, 5) is 10.7. The van der Waals surface area contributed by atoms with Crippen molar-refractivity contribution in [3.63, 3.8) is 0 Å². The van der Waals surface area contributed by atoms with Gasteiger partial charge in [-0.3, -0.25) is 4.79 Å². The third kappa shape index (κ3) is 3.12. The second-order valence-electron chi connectivity index (χ2n) is 4.52. The van der Waals surface area contributed by atoms with Crippen LogP contribution < -0.4 is 0 Å². The Morgan fingerprint density at radius 1 is 1.32 bits per heavy atom. The van der Waals surface area contributed by atoms with Crippen molar-refractivity contribution in [1.82, 2.24) is 4.31 Å². The normalized spacial score (nSPS) is 20.6. The van der Waals surface area contributed by atoms with Gasteiger partial charge in [-0.25, -0.2) is 8.42 Å². The summed E-state index contributed by atoms with van der Waals surface area (Å²) >= 11 is 0. The van der Waals surface area contributed by atoms with Crippen LogP contribution >= 0.6 is 0 Å². The van der Waals surface area contributed by atoms with Gasteiger partial charge in [0.1, 0.15) is 0 Å². The van der Waals surface area contributed by atoms with E-state index in [2.05, 4.69) is 0 Å². The summed E-state index contributed by atoms with van der Waals surface area (Å²) in [6.07, 6.45) is -0.305. The number of β-amino-alcohol motifs (C(OH)–C–C–N with tert-alkyl or cyclic N) is 1. The highest BCUT2D eigenvalue weighted by Gasteiger charge is 2.31. The summed E-state index contributed by atoms with van der Waals surface area (Å²) in [6.45, 7) is 0.416. The van der Waals surface area contributed by atoms with E-state index in [0.717, 1.165) is 0 Å². The Hall–Kier alpha value is -1.44. The van der Waals surface area contributed by atoms with Crippen molar-refractivity contribution in [1.29, 1.82) is 0 Å². The van der Waals surface area contributed by atoms with Crippen LogP contribution in [0.2, 0.25) is 0 Å². The number of carboxylic acid groups (broad SMARTS) is 1. The first kappa shape index (κ1) is 14.0. The van der Waals surface area contributed by atoms with Crippen LogP contribution in [0, 0.1) is 0 Å². The Labute approximate surface area is 111 Å². The first-order chi connectivity index (χ1) is 8.89. The Morgan fingerprint density at radius 2 is 1.95 bits per heavy atom. The molecule has 1 aromatic rings. The molecule has 1 saturated heterocycles. The second kappa shape index (κ2) is 5.28. The molecule has 7 heteroatoms. The van der Waals surface area contributed by atoms with Crippen LogP contribution in [-0.4, -0.2) is 48.1 Å². The van der Waals surface area contributed by atoms with Gasteiger partial charge in [0, 0.05) is 13.1 Å². The lowest BCUT2D eigenvalue weighted by Gasteiger charge is -2.15. The van der Waals surface area contributed by atoms with E-state index in [9.17, 15) is 18.3 Å². The first-order valence-corrected chi connectivity index (χ1v) is 7.32. The smallest absolute Gasteiger partial charge is 0.307 e. The molecule has 2 N–H and O–H groups in total. The van der Waals surface area contributed by atoms with E-state index in [1.165, 1.54) is 28.6 Å². The number of hydrogen-bond donors (Lipinski definition) is 2. The number of aliphatic hydroxyl groups is 1. The van der Waals surface area contributed by atoms with Crippen molar-refractivity contribution in [2.75, 3.05) is 13.1 Å². The predicted molar refractivity (Wildman–Crippen MR) is 67.2 cm³/mol. The zero-order valence-corrected chi connectivity index (χ0v) is 11.0. The van der Waals surface area contributed by atoms with Gasteiger partial charge < -0.3 is 10.2 Å². The highest BCUT2D eigenvalue weighted by atomic mass is 32.2. The fraction of sp³-hybridized carbons (Fsp3) is 0.417. The molecule has 1 atom stereocenters. The summed E-state index contributed by atoms with van der Waals surface area (Å²) in [7, 11) is -3.59. The third-order valence-electron chi connectivity index (χ3n) is 3.04. The Morgan fingerprint density at radius 3 is 2.42 bits per heavy atom. The topological polar surface area (TPSA) is 94.9 Å². The Kier molecular flexibility index (Phi) is 3.88. The van der Waals surface area contributed by atoms with Crippen molar-refractivity contribution >= 4 is 16.0 Å². The van der Waals surface area contributed by atoms with E-state index in [4.69, 9.17) is 5.11 Å². The van der Waals surface area contributed by atoms with Gasteiger partial charge in [-0.1, -0.05) is 12.1 Å². The second-order valence-corrected chi connectivity index (χ2v) is 6.46. The van der Waals surface area contributed by atoms with Gasteiger partial charge in [0.2, 0.25) is 10.0 Å². The van der Waals surface area contributed by atoms with Crippen molar-refractivity contribution in [3.05, 3.63) is 29.8 Å². The predicted octanol–water partition coefficient (Wildman–Crippen LogP) is 0.0690. The molecule has 1 fully saturated rings. The maximum atomic E-state index is 12.2. The van der Waals surface area contributed by atoms with Gasteiger partial charge >= 0.3 is 5.97 Å². The molecule has 0 aliphatic carbocycles. The number of aliphatic carboxylic acids is 1. The van der Waals surface area contributed by atoms with E-state index < -0.39 is 22.1 Å². The molecule has 0 aromatic heterocycles. The highest BCUT2D eigenvalue weighted by Crippen LogP contribution is 2.21. The van der Waals surface area contributed by atoms with Crippen LogP contribution in [-0.2, 0) is 21.2 Å². The number of rotatable bonds is 4. The molecular weight excluding hydrogens is 270 g/mol. The maximum absolute atomic E-state index is 12.2. The van der Waals surface area contributed by atoms with E-state index in [1.807, 2.05) is 0 Å². The molecule has 1 aliphatic rings. The van der Waals surface area contributed by atoms with Crippen LogP contribution in [0.15, 0.2) is 29.2 Å². The minimum Gasteiger partial charge on any atom is -0.481 e. The van der Waals surface area contributed by atoms with Gasteiger partial charge in [-0.05, 0) is 24.1 Å². The monoisotopic (exact) mass is 285 g/mol. The summed E-state index contributed by atoms with van der Waals surface area (Å²) in [5, 5.41) is 18.0. The number of aliphatic hydroxyl groups excluding tert-OH is 1. The van der Waals surface area contributed by atoms with Gasteiger partial charge in [0.15, 0.2) is 0 Å². The van der Waals surface area contributed by atoms with E-state index in [-0.39, 0.29) is 17.9 Å². The van der Waals surface area contributed by atoms with Crippen molar-refractivity contribution in [3.8, 4) is 0 Å². The molecule has 1 unspecified atom stereocenters. The largest absolute Gasteiger partial charge is 0.481 e. The van der Waals surface area contributed by atoms with E-state index >= 15 is 0 Å². The molecule has 1 aromatic carbocycles. The minimum atomic E-state index is -3.59. The zero-order valence-electron chi connectivity index (χ0n) is 10.2. The lowest BCUT2D eigenvalue weighted by molar-refractivity contribution is -0.136. The number of benzene rings is 1. The lowest BCUT2D eigenvalue weighted by atomic mass is 10.2. The molecule has 0 amide bonds. The summed E-state index contributed by atoms with van der Waals surface area (Å²) in [5.41, 5.74) is 0.549. The Bertz CT molecular complexity index is 566. The third-order valence-corrected chi connectivity index (χ3v) is 4.92. The molecule has 104 valence electrons. The van der Waals surface area contributed by atoms with Crippen molar-refractivity contribution in [2.24, 2.45) is 0 Å². The molecule has 0 radical (unpaired) electrons. The van der Waals surface area contributed by atoms with Crippen LogP contribution in [0.3, 0.4) is 0 Å². The molecule has 19 heavy (non-hydrogen) atoms. The molecule has 6 nitrogen and oxygen atoms in total. The number of hydrogen-bond acceptors (Lipinski definition) is 4. The summed E-state index contributed by atoms with van der Waals surface area (Å²) in [5.74, 6) is -0.960. The molecule has 2 rings (SSSR count). The SMILES string of the molecule is O=C(O)Cc1ccc(S(=O)(=O)N2CCC(O)C2)cc1. The molecule has 0 bridgehead atoms. The zero-order chi connectivity index (χ0) is 14.0. The van der Waals surface area contributed by atoms with E-state index in [1.54, 1.807) is 0 Å². The molecule has 0 saturated carbocycles. The average molecular weight is 285 g/mol. The number of carbonyl (C=O) groups is 1. The van der Waals surface area contributed by atoms with Gasteiger partial charge in [-0.15, -0.1) is 0 Å². The highest BCUT2D eigenvalue weighted by molar-refractivity contribution is 7.89. The van der Waals surface area contributed by atoms with Gasteiger partial charge in [0.05, 0.1) is 17.4 Å². The van der Waals surface area contributed by atoms with Crippen molar-refractivity contribution < 1.29 is 23.4 Å². The van der Waals surface area contributed by atoms with Gasteiger partial charge in [-0.2, -0.15) is 4.31 Å². The molecule has 1 aliphatic heterocycles. The lowest BCUT2D eigenvalue weighted by Crippen LogP contribution is -2.29. The van der Waals surface area contributed by atoms with Gasteiger partial charge in [0.25, 0.3) is 0 Å². The van der Waals surface area contributed by atoms with Crippen LogP contribution in [0.5, 0.6) is 0 Å². The number of nitrogens with zero attached hydrogens (tertiary/aromatic N) is 1. The minimum absolute atomic E-state index is 0.110. The quantitative estimate of drug-likeness (QED) is 0.816.